The molecule has 0 saturated heterocycles. The van der Waals surface area contributed by atoms with Crippen molar-refractivity contribution < 1.29 is 23.5 Å². The smallest absolute Gasteiger partial charge is 0.338 e. The first-order valence-electron chi connectivity index (χ1n) is 11.2. The number of hydrogen-bond acceptors (Lipinski definition) is 5. The highest BCUT2D eigenvalue weighted by Gasteiger charge is 2.36. The van der Waals surface area contributed by atoms with E-state index in [4.69, 9.17) is 13.9 Å². The lowest BCUT2D eigenvalue weighted by atomic mass is 10.1. The number of rotatable bonds is 11. The molecule has 32 heavy (non-hydrogen) atoms. The van der Waals surface area contributed by atoms with Crippen LogP contribution in [0.15, 0.2) is 60.7 Å². The molecule has 0 aliphatic rings. The van der Waals surface area contributed by atoms with E-state index >= 15 is 0 Å². The third-order valence-corrected chi connectivity index (χ3v) is 10.4. The highest BCUT2D eigenvalue weighted by atomic mass is 28.4. The van der Waals surface area contributed by atoms with Gasteiger partial charge in [0.25, 0.3) is 0 Å². The van der Waals surface area contributed by atoms with E-state index in [1.165, 1.54) is 0 Å². The molecule has 0 aromatic heterocycles. The summed E-state index contributed by atoms with van der Waals surface area (Å²) in [6.45, 7) is 11.8. The maximum absolute atomic E-state index is 12.5. The molecule has 0 heterocycles. The molecule has 0 fully saturated rings. The summed E-state index contributed by atoms with van der Waals surface area (Å²) in [6.07, 6.45) is 1.76. The second kappa shape index (κ2) is 12.0. The van der Waals surface area contributed by atoms with Gasteiger partial charge in [-0.15, -0.1) is 0 Å². The van der Waals surface area contributed by atoms with Crippen LogP contribution in [0.2, 0.25) is 18.1 Å². The van der Waals surface area contributed by atoms with Gasteiger partial charge in [0.05, 0.1) is 11.1 Å². The van der Waals surface area contributed by atoms with Gasteiger partial charge in [-0.3, -0.25) is 0 Å². The van der Waals surface area contributed by atoms with Gasteiger partial charge >= 0.3 is 11.9 Å². The summed E-state index contributed by atoms with van der Waals surface area (Å²) in [5, 5.41) is 0.173. The summed E-state index contributed by atoms with van der Waals surface area (Å²) in [5.74, 6) is -0.837. The topological polar surface area (TPSA) is 61.8 Å². The van der Waals surface area contributed by atoms with E-state index in [-0.39, 0.29) is 11.6 Å². The molecule has 2 rings (SSSR count). The van der Waals surface area contributed by atoms with Crippen LogP contribution in [-0.4, -0.2) is 39.6 Å². The van der Waals surface area contributed by atoms with Crippen LogP contribution in [0.4, 0.5) is 0 Å². The zero-order valence-electron chi connectivity index (χ0n) is 19.9. The minimum atomic E-state index is -1.77. The fourth-order valence-electron chi connectivity index (χ4n) is 2.81. The maximum atomic E-state index is 12.5. The molecule has 0 aliphatic heterocycles. The molecule has 0 spiro atoms. The van der Waals surface area contributed by atoms with Crippen molar-refractivity contribution in [2.24, 2.45) is 0 Å². The summed E-state index contributed by atoms with van der Waals surface area (Å²) in [6, 6.07) is 17.7. The molecule has 174 valence electrons. The van der Waals surface area contributed by atoms with Crippen molar-refractivity contribution in [2.75, 3.05) is 13.2 Å². The van der Waals surface area contributed by atoms with Gasteiger partial charge < -0.3 is 13.9 Å². The fraction of sp³-hybridized carbons (Fsp3) is 0.462. The van der Waals surface area contributed by atoms with E-state index in [1.807, 2.05) is 12.1 Å². The van der Waals surface area contributed by atoms with E-state index in [0.717, 1.165) is 12.8 Å². The first-order chi connectivity index (χ1) is 15.1. The molecular formula is C26H36O5Si. The number of esters is 2. The normalized spacial score (nSPS) is 12.8. The summed E-state index contributed by atoms with van der Waals surface area (Å²) in [7, 11) is -1.77. The van der Waals surface area contributed by atoms with Gasteiger partial charge in [-0.25, -0.2) is 9.59 Å². The van der Waals surface area contributed by atoms with Crippen molar-refractivity contribution in [3.05, 3.63) is 71.8 Å². The van der Waals surface area contributed by atoms with Crippen molar-refractivity contribution in [3.63, 3.8) is 0 Å². The lowest BCUT2D eigenvalue weighted by molar-refractivity contribution is -0.00359. The molecule has 0 aliphatic carbocycles. The SMILES string of the molecule is CC(C)(C)[Si](C)(C)OCCCCC(COC(=O)c1ccccc1)OC(=O)c1ccccc1. The molecule has 0 amide bonds. The quantitative estimate of drug-likeness (QED) is 0.227. The van der Waals surface area contributed by atoms with Crippen molar-refractivity contribution in [3.8, 4) is 0 Å². The number of benzene rings is 2. The monoisotopic (exact) mass is 456 g/mol. The first kappa shape index (κ1) is 25.8. The predicted octanol–water partition coefficient (Wildman–Crippen LogP) is 6.26. The Kier molecular flexibility index (Phi) is 9.66. The number of carbonyl (C=O) groups excluding carboxylic acids is 2. The van der Waals surface area contributed by atoms with E-state index in [0.29, 0.717) is 24.2 Å². The second-order valence-electron chi connectivity index (χ2n) is 9.46. The second-order valence-corrected chi connectivity index (χ2v) is 14.3. The van der Waals surface area contributed by atoms with Crippen LogP contribution in [0.5, 0.6) is 0 Å². The average molecular weight is 457 g/mol. The van der Waals surface area contributed by atoms with Gasteiger partial charge in [0.15, 0.2) is 8.32 Å². The summed E-state index contributed by atoms with van der Waals surface area (Å²) in [4.78, 5) is 24.8. The van der Waals surface area contributed by atoms with E-state index < -0.39 is 26.4 Å². The molecule has 2 aromatic carbocycles. The molecule has 0 bridgehead atoms. The van der Waals surface area contributed by atoms with Crippen LogP contribution in [0.1, 0.15) is 60.7 Å². The number of ether oxygens (including phenoxy) is 2. The van der Waals surface area contributed by atoms with Gasteiger partial charge in [0, 0.05) is 6.61 Å². The van der Waals surface area contributed by atoms with Crippen LogP contribution in [0, 0.1) is 0 Å². The van der Waals surface area contributed by atoms with Gasteiger partial charge in [-0.1, -0.05) is 57.2 Å². The van der Waals surface area contributed by atoms with Crippen LogP contribution in [-0.2, 0) is 13.9 Å². The number of carbonyl (C=O) groups is 2. The Hall–Kier alpha value is -2.44. The molecule has 0 N–H and O–H groups in total. The average Bonchev–Trinajstić information content (AvgIpc) is 2.77. The summed E-state index contributed by atoms with van der Waals surface area (Å²) in [5.41, 5.74) is 0.955. The van der Waals surface area contributed by atoms with Crippen molar-refractivity contribution in [2.45, 2.75) is 64.3 Å². The lowest BCUT2D eigenvalue weighted by Gasteiger charge is -2.36. The summed E-state index contributed by atoms with van der Waals surface area (Å²) < 4.78 is 17.3. The van der Waals surface area contributed by atoms with Crippen LogP contribution in [0.3, 0.4) is 0 Å². The Balaban J connectivity index is 1.90. The Morgan fingerprint density at radius 2 is 1.38 bits per heavy atom. The van der Waals surface area contributed by atoms with E-state index in [9.17, 15) is 9.59 Å². The minimum absolute atomic E-state index is 0.0232. The molecule has 0 radical (unpaired) electrons. The Labute approximate surface area is 193 Å². The van der Waals surface area contributed by atoms with E-state index in [1.54, 1.807) is 48.5 Å². The molecule has 1 atom stereocenters. The van der Waals surface area contributed by atoms with Crippen molar-refractivity contribution in [1.82, 2.24) is 0 Å². The zero-order valence-corrected chi connectivity index (χ0v) is 20.9. The third kappa shape index (κ3) is 8.24. The Morgan fingerprint density at radius 3 is 1.91 bits per heavy atom. The number of unbranched alkanes of at least 4 members (excludes halogenated alkanes) is 1. The van der Waals surface area contributed by atoms with Crippen LogP contribution < -0.4 is 0 Å². The number of hydrogen-bond donors (Lipinski definition) is 0. The molecule has 2 aromatic rings. The van der Waals surface area contributed by atoms with Crippen LogP contribution in [0.25, 0.3) is 0 Å². The summed E-state index contributed by atoms with van der Waals surface area (Å²) >= 11 is 0. The zero-order chi connectivity index (χ0) is 23.6. The first-order valence-corrected chi connectivity index (χ1v) is 14.1. The Bertz CT molecular complexity index is 844. The maximum Gasteiger partial charge on any atom is 0.338 e. The van der Waals surface area contributed by atoms with Gasteiger partial charge in [0.1, 0.15) is 12.7 Å². The van der Waals surface area contributed by atoms with Gasteiger partial charge in [-0.05, 0) is 61.7 Å². The molecule has 0 saturated carbocycles. The largest absolute Gasteiger partial charge is 0.458 e. The van der Waals surface area contributed by atoms with E-state index in [2.05, 4.69) is 33.9 Å². The predicted molar refractivity (Wildman–Crippen MR) is 129 cm³/mol. The van der Waals surface area contributed by atoms with Crippen molar-refractivity contribution >= 4 is 20.3 Å². The fourth-order valence-corrected chi connectivity index (χ4v) is 3.90. The van der Waals surface area contributed by atoms with Crippen molar-refractivity contribution in [1.29, 1.82) is 0 Å². The third-order valence-electron chi connectivity index (χ3n) is 5.88. The van der Waals surface area contributed by atoms with Gasteiger partial charge in [-0.2, -0.15) is 0 Å². The lowest BCUT2D eigenvalue weighted by Crippen LogP contribution is -2.41. The van der Waals surface area contributed by atoms with Gasteiger partial charge in [0.2, 0.25) is 0 Å². The highest BCUT2D eigenvalue weighted by Crippen LogP contribution is 2.36. The Morgan fingerprint density at radius 1 is 0.844 bits per heavy atom. The molecule has 6 heteroatoms. The highest BCUT2D eigenvalue weighted by molar-refractivity contribution is 6.74. The van der Waals surface area contributed by atoms with Crippen LogP contribution >= 0.6 is 0 Å². The molecule has 5 nitrogen and oxygen atoms in total. The molecular weight excluding hydrogens is 420 g/mol. The minimum Gasteiger partial charge on any atom is -0.458 e. The molecule has 1 unspecified atom stereocenters. The standard InChI is InChI=1S/C26H36O5Si/c1-26(2,3)32(4,5)30-19-13-12-18-23(31-25(28)22-16-10-7-11-17-22)20-29-24(27)21-14-8-6-9-15-21/h6-11,14-17,23H,12-13,18-20H2,1-5H3.